The number of rotatable bonds is 6. The number of hydrogen-bond acceptors (Lipinski definition) is 7. The average Bonchev–Trinajstić information content (AvgIpc) is 3.57. The van der Waals surface area contributed by atoms with Gasteiger partial charge in [0.2, 0.25) is 5.43 Å². The second-order valence-electron chi connectivity index (χ2n) is 10.4. The molecule has 9 nitrogen and oxygen atoms in total. The summed E-state index contributed by atoms with van der Waals surface area (Å²) in [6.45, 7) is 2.59. The molecular weight excluding hydrogens is 477 g/mol. The van der Waals surface area contributed by atoms with Gasteiger partial charge >= 0.3 is 5.97 Å². The molecule has 2 fully saturated rings. The number of nitrogens with zero attached hydrogens (tertiary/aromatic N) is 3. The van der Waals surface area contributed by atoms with Crippen LogP contribution >= 0.6 is 0 Å². The van der Waals surface area contributed by atoms with Crippen LogP contribution in [0.3, 0.4) is 0 Å². The molecule has 1 atom stereocenters. The molecule has 3 aromatic rings. The predicted octanol–water partition coefficient (Wildman–Crippen LogP) is 3.81. The van der Waals surface area contributed by atoms with Crippen LogP contribution in [0.2, 0.25) is 0 Å². The van der Waals surface area contributed by atoms with E-state index in [1.807, 2.05) is 22.8 Å². The Morgan fingerprint density at radius 2 is 2.14 bits per heavy atom. The molecule has 1 spiro atoms. The number of hydrogen-bond donors (Lipinski definition) is 3. The lowest BCUT2D eigenvalue weighted by Gasteiger charge is -2.39. The molecule has 1 aromatic carbocycles. The quantitative estimate of drug-likeness (QED) is 0.431. The van der Waals surface area contributed by atoms with Crippen molar-refractivity contribution in [2.75, 3.05) is 42.2 Å². The fraction of sp³-hybridized carbons (Fsp3) is 0.444. The average molecular weight is 508 g/mol. The van der Waals surface area contributed by atoms with Gasteiger partial charge in [0.25, 0.3) is 0 Å². The number of nitrogens with one attached hydrogen (secondary N) is 1. The SMILES string of the molecule is Nc1c(F)c(NCCC2CCN(c3ccccn3)C2)c2c3c1c(=O)c(C(=O)O)cn3C1(CCCC1)CO2. The van der Waals surface area contributed by atoms with Crippen LogP contribution in [0.4, 0.5) is 21.6 Å². The molecule has 1 unspecified atom stereocenters. The zero-order chi connectivity index (χ0) is 25.7. The van der Waals surface area contributed by atoms with Crippen LogP contribution in [0, 0.1) is 11.7 Å². The van der Waals surface area contributed by atoms with Gasteiger partial charge in [-0.25, -0.2) is 14.2 Å². The molecule has 0 bridgehead atoms. The van der Waals surface area contributed by atoms with Crippen LogP contribution in [0.1, 0.15) is 48.9 Å². The Kier molecular flexibility index (Phi) is 5.69. The summed E-state index contributed by atoms with van der Waals surface area (Å²) in [5.74, 6) is -0.517. The number of ether oxygens (including phenoxy) is 1. The number of nitrogens with two attached hydrogens (primary N) is 1. The minimum atomic E-state index is -1.35. The molecule has 3 aliphatic rings. The summed E-state index contributed by atoms with van der Waals surface area (Å²) in [4.78, 5) is 31.7. The Labute approximate surface area is 213 Å². The van der Waals surface area contributed by atoms with Crippen molar-refractivity contribution in [3.05, 3.63) is 52.2 Å². The van der Waals surface area contributed by atoms with Gasteiger partial charge in [0.05, 0.1) is 22.1 Å². The number of pyridine rings is 2. The molecule has 37 heavy (non-hydrogen) atoms. The first-order chi connectivity index (χ1) is 17.9. The fourth-order valence-corrected chi connectivity index (χ4v) is 6.29. The van der Waals surface area contributed by atoms with E-state index in [9.17, 15) is 14.7 Å². The van der Waals surface area contributed by atoms with Gasteiger partial charge in [-0.3, -0.25) is 4.79 Å². The lowest BCUT2D eigenvalue weighted by Crippen LogP contribution is -2.42. The molecule has 10 heteroatoms. The second kappa shape index (κ2) is 8.93. The maximum atomic E-state index is 15.6. The Bertz CT molecular complexity index is 1430. The zero-order valence-corrected chi connectivity index (χ0v) is 20.5. The van der Waals surface area contributed by atoms with Gasteiger partial charge in [0.15, 0.2) is 11.6 Å². The molecule has 1 aliphatic carbocycles. The normalized spacial score (nSPS) is 19.9. The summed E-state index contributed by atoms with van der Waals surface area (Å²) in [6, 6.07) is 5.88. The first-order valence-electron chi connectivity index (χ1n) is 12.9. The number of carboxylic acid groups (broad SMARTS) is 1. The molecule has 6 rings (SSSR count). The summed E-state index contributed by atoms with van der Waals surface area (Å²) < 4.78 is 23.6. The molecule has 2 aliphatic heterocycles. The summed E-state index contributed by atoms with van der Waals surface area (Å²) in [6.07, 6.45) is 8.53. The van der Waals surface area contributed by atoms with Crippen molar-refractivity contribution in [2.24, 2.45) is 5.92 Å². The van der Waals surface area contributed by atoms with E-state index in [4.69, 9.17) is 10.5 Å². The van der Waals surface area contributed by atoms with Crippen LogP contribution in [0.15, 0.2) is 35.4 Å². The third-order valence-electron chi connectivity index (χ3n) is 8.25. The summed E-state index contributed by atoms with van der Waals surface area (Å²) >= 11 is 0. The number of aromatic nitrogens is 2. The standard InChI is InChI=1S/C27H30FN5O4/c28-20-21(29)19-23-25(22(20)31-11-6-16-7-12-32(13-16)18-5-1-4-10-30-18)37-15-27(8-2-3-9-27)33(23)14-17(24(19)34)26(35)36/h1,4-5,10,14,16,31H,2-3,6-9,11-13,15,29H2,(H,35,36). The maximum absolute atomic E-state index is 15.6. The molecule has 1 saturated carbocycles. The van der Waals surface area contributed by atoms with Crippen LogP contribution in [0.25, 0.3) is 10.9 Å². The van der Waals surface area contributed by atoms with Gasteiger partial charge in [-0.2, -0.15) is 0 Å². The third-order valence-corrected chi connectivity index (χ3v) is 8.25. The van der Waals surface area contributed by atoms with Crippen LogP contribution < -0.4 is 26.1 Å². The summed E-state index contributed by atoms with van der Waals surface area (Å²) in [5.41, 5.74) is 4.69. The van der Waals surface area contributed by atoms with Crippen LogP contribution in [-0.4, -0.2) is 46.9 Å². The first-order valence-corrected chi connectivity index (χ1v) is 12.9. The maximum Gasteiger partial charge on any atom is 0.341 e. The van der Waals surface area contributed by atoms with Crippen molar-refractivity contribution in [3.63, 3.8) is 0 Å². The van der Waals surface area contributed by atoms with E-state index in [2.05, 4.69) is 15.2 Å². The van der Waals surface area contributed by atoms with Crippen LogP contribution in [-0.2, 0) is 5.54 Å². The number of nitrogen functional groups attached to an aromatic ring is 1. The molecule has 0 radical (unpaired) electrons. The van der Waals surface area contributed by atoms with Crippen molar-refractivity contribution >= 4 is 34.1 Å². The highest BCUT2D eigenvalue weighted by molar-refractivity contribution is 6.03. The number of aromatic carboxylic acids is 1. The van der Waals surface area contributed by atoms with Gasteiger partial charge in [-0.1, -0.05) is 18.9 Å². The minimum absolute atomic E-state index is 0.120. The van der Waals surface area contributed by atoms with Gasteiger partial charge < -0.3 is 30.4 Å². The highest BCUT2D eigenvalue weighted by atomic mass is 19.1. The first kappa shape index (κ1) is 23.6. The van der Waals surface area contributed by atoms with E-state index in [0.29, 0.717) is 18.0 Å². The number of fused-ring (bicyclic) bond motifs is 1. The van der Waals surface area contributed by atoms with Gasteiger partial charge in [0, 0.05) is 32.0 Å². The molecule has 4 heterocycles. The van der Waals surface area contributed by atoms with Gasteiger partial charge in [-0.05, 0) is 43.7 Å². The summed E-state index contributed by atoms with van der Waals surface area (Å²) in [7, 11) is 0. The smallest absolute Gasteiger partial charge is 0.341 e. The van der Waals surface area contributed by atoms with Gasteiger partial charge in [0.1, 0.15) is 23.7 Å². The molecular formula is C27H30FN5O4. The Balaban J connectivity index is 1.32. The highest BCUT2D eigenvalue weighted by Crippen LogP contribution is 2.48. The Morgan fingerprint density at radius 1 is 1.32 bits per heavy atom. The number of halogens is 1. The summed E-state index contributed by atoms with van der Waals surface area (Å²) in [5, 5.41) is 12.8. The topological polar surface area (TPSA) is 123 Å². The lowest BCUT2D eigenvalue weighted by molar-refractivity contribution is 0.0692. The predicted molar refractivity (Wildman–Crippen MR) is 139 cm³/mol. The Hall–Kier alpha value is -3.82. The number of benzene rings is 1. The van der Waals surface area contributed by atoms with Gasteiger partial charge in [-0.15, -0.1) is 0 Å². The van der Waals surface area contributed by atoms with Crippen molar-refractivity contribution < 1.29 is 19.0 Å². The highest BCUT2D eigenvalue weighted by Gasteiger charge is 2.43. The Morgan fingerprint density at radius 3 is 2.86 bits per heavy atom. The van der Waals surface area contributed by atoms with Crippen molar-refractivity contribution in [1.29, 1.82) is 0 Å². The lowest BCUT2D eigenvalue weighted by atomic mass is 9.93. The number of carbonyl (C=O) groups is 1. The fourth-order valence-electron chi connectivity index (χ4n) is 6.29. The molecule has 4 N–H and O–H groups in total. The minimum Gasteiger partial charge on any atom is -0.487 e. The van der Waals surface area contributed by atoms with Crippen LogP contribution in [0.5, 0.6) is 5.75 Å². The third kappa shape index (κ3) is 3.77. The van der Waals surface area contributed by atoms with E-state index < -0.39 is 28.3 Å². The monoisotopic (exact) mass is 507 g/mol. The molecule has 1 saturated heterocycles. The van der Waals surface area contributed by atoms with E-state index in [-0.39, 0.29) is 29.1 Å². The molecule has 194 valence electrons. The van der Waals surface area contributed by atoms with Crippen molar-refractivity contribution in [2.45, 2.75) is 44.1 Å². The van der Waals surface area contributed by atoms with E-state index in [1.165, 1.54) is 6.20 Å². The second-order valence-corrected chi connectivity index (χ2v) is 10.4. The number of carboxylic acids is 1. The number of anilines is 3. The van der Waals surface area contributed by atoms with Crippen molar-refractivity contribution in [1.82, 2.24) is 9.55 Å². The zero-order valence-electron chi connectivity index (χ0n) is 20.5. The van der Waals surface area contributed by atoms with E-state index in [0.717, 1.165) is 57.4 Å². The molecule has 0 amide bonds. The van der Waals surface area contributed by atoms with Crippen molar-refractivity contribution in [3.8, 4) is 5.75 Å². The van der Waals surface area contributed by atoms with E-state index in [1.54, 1.807) is 6.20 Å². The largest absolute Gasteiger partial charge is 0.487 e. The van der Waals surface area contributed by atoms with E-state index >= 15 is 4.39 Å². The molecule has 2 aromatic heterocycles.